The number of nitrogens with zero attached hydrogens (tertiary/aromatic N) is 1. The van der Waals surface area contributed by atoms with Gasteiger partial charge in [-0.25, -0.2) is 4.79 Å². The van der Waals surface area contributed by atoms with Crippen molar-refractivity contribution < 1.29 is 29.0 Å². The molecule has 116 valence electrons. The molecule has 1 aromatic heterocycles. The monoisotopic (exact) mass is 405 g/mol. The third kappa shape index (κ3) is 3.57. The van der Waals surface area contributed by atoms with Crippen LogP contribution in [0.1, 0.15) is 12.2 Å². The Labute approximate surface area is 142 Å². The molecule has 1 aliphatic heterocycles. The Balaban J connectivity index is 2.29. The second-order valence-corrected chi connectivity index (χ2v) is 6.60. The molecule has 2 heterocycles. The van der Waals surface area contributed by atoms with Gasteiger partial charge >= 0.3 is 11.9 Å². The van der Waals surface area contributed by atoms with Gasteiger partial charge in [0.25, 0.3) is 5.91 Å². The minimum atomic E-state index is -1.54. The summed E-state index contributed by atoms with van der Waals surface area (Å²) in [5, 5.41) is 17.9. The van der Waals surface area contributed by atoms with E-state index in [0.29, 0.717) is 10.4 Å². The lowest BCUT2D eigenvalue weighted by molar-refractivity contribution is -0.150. The second-order valence-electron chi connectivity index (χ2n) is 4.15. The first-order valence-electron chi connectivity index (χ1n) is 5.76. The number of thiocarbonyl (C=S) groups is 1. The van der Waals surface area contributed by atoms with Crippen LogP contribution >= 0.6 is 39.9 Å². The van der Waals surface area contributed by atoms with Crippen molar-refractivity contribution in [2.24, 2.45) is 0 Å². The van der Waals surface area contributed by atoms with Crippen LogP contribution in [0.2, 0.25) is 0 Å². The van der Waals surface area contributed by atoms with E-state index < -0.39 is 30.3 Å². The molecule has 1 unspecified atom stereocenters. The molecule has 1 amide bonds. The lowest BCUT2D eigenvalue weighted by Gasteiger charge is -2.21. The number of thioether (sulfide) groups is 1. The maximum atomic E-state index is 12.3. The van der Waals surface area contributed by atoms with Crippen LogP contribution in [0.5, 0.6) is 0 Å². The van der Waals surface area contributed by atoms with Gasteiger partial charge in [-0.2, -0.15) is 0 Å². The lowest BCUT2D eigenvalue weighted by Crippen LogP contribution is -2.45. The third-order valence-electron chi connectivity index (χ3n) is 2.66. The van der Waals surface area contributed by atoms with Crippen LogP contribution in [0.4, 0.5) is 0 Å². The predicted octanol–water partition coefficient (Wildman–Crippen LogP) is 2.17. The van der Waals surface area contributed by atoms with Gasteiger partial charge in [-0.1, -0.05) is 24.0 Å². The van der Waals surface area contributed by atoms with Crippen LogP contribution in [0.3, 0.4) is 0 Å². The zero-order valence-corrected chi connectivity index (χ0v) is 13.9. The van der Waals surface area contributed by atoms with E-state index >= 15 is 0 Å². The first-order valence-corrected chi connectivity index (χ1v) is 7.78. The molecule has 1 fully saturated rings. The SMILES string of the molecule is O=C(O)CC(C(=O)O)N1C(=O)/C(=C/c2ccc(Br)o2)SC1=S. The number of aliphatic carboxylic acids is 2. The van der Waals surface area contributed by atoms with E-state index in [-0.39, 0.29) is 9.23 Å². The molecule has 0 aromatic carbocycles. The summed E-state index contributed by atoms with van der Waals surface area (Å²) in [5.74, 6) is -3.03. The van der Waals surface area contributed by atoms with Gasteiger partial charge in [-0.15, -0.1) is 0 Å². The molecule has 0 aliphatic carbocycles. The van der Waals surface area contributed by atoms with Crippen molar-refractivity contribution in [3.63, 3.8) is 0 Å². The molecule has 2 N–H and O–H groups in total. The number of carboxylic acid groups (broad SMARTS) is 2. The molecule has 0 spiro atoms. The fraction of sp³-hybridized carbons (Fsp3) is 0.167. The van der Waals surface area contributed by atoms with Crippen LogP contribution in [0.15, 0.2) is 26.1 Å². The fourth-order valence-corrected chi connectivity index (χ4v) is 3.39. The van der Waals surface area contributed by atoms with E-state index in [1.165, 1.54) is 6.08 Å². The minimum Gasteiger partial charge on any atom is -0.481 e. The molecule has 1 atom stereocenters. The van der Waals surface area contributed by atoms with E-state index in [0.717, 1.165) is 16.7 Å². The van der Waals surface area contributed by atoms with Gasteiger partial charge in [0.05, 0.1) is 11.3 Å². The van der Waals surface area contributed by atoms with E-state index in [4.69, 9.17) is 26.8 Å². The summed E-state index contributed by atoms with van der Waals surface area (Å²) in [4.78, 5) is 35.3. The standard InChI is InChI=1S/C12H8BrNO6S2/c13-8-2-1-5(20-8)3-7-10(17)14(12(21)22-7)6(11(18)19)4-9(15)16/h1-3,6H,4H2,(H,15,16)(H,18,19)/b7-3-. The van der Waals surface area contributed by atoms with Crippen molar-refractivity contribution in [2.45, 2.75) is 12.5 Å². The summed E-state index contributed by atoms with van der Waals surface area (Å²) in [6.45, 7) is 0. The smallest absolute Gasteiger partial charge is 0.327 e. The molecule has 1 aromatic rings. The summed E-state index contributed by atoms with van der Waals surface area (Å²) in [5.41, 5.74) is 0. The van der Waals surface area contributed by atoms with E-state index in [1.54, 1.807) is 12.1 Å². The summed E-state index contributed by atoms with van der Waals surface area (Å²) < 4.78 is 5.71. The number of amides is 1. The van der Waals surface area contributed by atoms with Crippen LogP contribution in [-0.2, 0) is 14.4 Å². The highest BCUT2D eigenvalue weighted by atomic mass is 79.9. The highest BCUT2D eigenvalue weighted by Crippen LogP contribution is 2.35. The molecule has 2 rings (SSSR count). The third-order valence-corrected chi connectivity index (χ3v) is 4.41. The number of carbonyl (C=O) groups is 3. The number of halogens is 1. The van der Waals surface area contributed by atoms with Crippen LogP contribution in [-0.4, -0.2) is 43.3 Å². The molecule has 0 saturated carbocycles. The van der Waals surface area contributed by atoms with Crippen molar-refractivity contribution in [1.29, 1.82) is 0 Å². The highest BCUT2D eigenvalue weighted by molar-refractivity contribution is 9.10. The first-order chi connectivity index (χ1) is 10.3. The summed E-state index contributed by atoms with van der Waals surface area (Å²) >= 11 is 9.01. The van der Waals surface area contributed by atoms with Gasteiger partial charge in [-0.05, 0) is 28.1 Å². The molecule has 22 heavy (non-hydrogen) atoms. The average molecular weight is 406 g/mol. The fourth-order valence-electron chi connectivity index (χ4n) is 1.74. The Morgan fingerprint density at radius 3 is 2.64 bits per heavy atom. The van der Waals surface area contributed by atoms with Gasteiger partial charge in [-0.3, -0.25) is 14.5 Å². The van der Waals surface area contributed by atoms with Crippen molar-refractivity contribution in [3.05, 3.63) is 27.5 Å². The van der Waals surface area contributed by atoms with Crippen LogP contribution in [0.25, 0.3) is 6.08 Å². The Bertz CT molecular complexity index is 698. The molecule has 10 heteroatoms. The van der Waals surface area contributed by atoms with E-state index in [2.05, 4.69) is 15.9 Å². The van der Waals surface area contributed by atoms with Gasteiger partial charge in [0.15, 0.2) is 4.67 Å². The number of rotatable bonds is 5. The molecule has 1 aliphatic rings. The Morgan fingerprint density at radius 1 is 1.45 bits per heavy atom. The number of carboxylic acids is 2. The van der Waals surface area contributed by atoms with Gasteiger partial charge in [0, 0.05) is 6.08 Å². The van der Waals surface area contributed by atoms with E-state index in [1.807, 2.05) is 0 Å². The van der Waals surface area contributed by atoms with Gasteiger partial charge in [0.2, 0.25) is 0 Å². The second kappa shape index (κ2) is 6.63. The zero-order chi connectivity index (χ0) is 16.4. The molecule has 0 radical (unpaired) electrons. The molecule has 7 nitrogen and oxygen atoms in total. The largest absolute Gasteiger partial charge is 0.481 e. The topological polar surface area (TPSA) is 108 Å². The van der Waals surface area contributed by atoms with Crippen molar-refractivity contribution in [1.82, 2.24) is 4.90 Å². The van der Waals surface area contributed by atoms with Crippen molar-refractivity contribution >= 4 is 68.2 Å². The van der Waals surface area contributed by atoms with Crippen molar-refractivity contribution in [3.8, 4) is 0 Å². The molecular formula is C12H8BrNO6S2. The van der Waals surface area contributed by atoms with E-state index in [9.17, 15) is 14.4 Å². The van der Waals surface area contributed by atoms with Crippen molar-refractivity contribution in [2.75, 3.05) is 0 Å². The highest BCUT2D eigenvalue weighted by Gasteiger charge is 2.41. The quantitative estimate of drug-likeness (QED) is 0.566. The Morgan fingerprint density at radius 2 is 2.14 bits per heavy atom. The first kappa shape index (κ1) is 16.7. The Kier molecular flexibility index (Phi) is 5.04. The minimum absolute atomic E-state index is 0.00415. The number of hydrogen-bond donors (Lipinski definition) is 2. The van der Waals surface area contributed by atoms with Crippen LogP contribution < -0.4 is 0 Å². The predicted molar refractivity (Wildman–Crippen MR) is 85.1 cm³/mol. The summed E-state index contributed by atoms with van der Waals surface area (Å²) in [6.07, 6.45) is 0.686. The molecular weight excluding hydrogens is 398 g/mol. The summed E-state index contributed by atoms with van der Waals surface area (Å²) in [6, 6.07) is 1.71. The Hall–Kier alpha value is -1.65. The normalized spacial score (nSPS) is 18.0. The number of furan rings is 1. The maximum absolute atomic E-state index is 12.3. The average Bonchev–Trinajstić information content (AvgIpc) is 2.92. The van der Waals surface area contributed by atoms with Crippen LogP contribution in [0, 0.1) is 0 Å². The molecule has 0 bridgehead atoms. The number of carbonyl (C=O) groups excluding carboxylic acids is 1. The molecule has 1 saturated heterocycles. The van der Waals surface area contributed by atoms with Gasteiger partial charge < -0.3 is 14.6 Å². The number of hydrogen-bond acceptors (Lipinski definition) is 6. The zero-order valence-electron chi connectivity index (χ0n) is 10.7. The lowest BCUT2D eigenvalue weighted by atomic mass is 10.2. The maximum Gasteiger partial charge on any atom is 0.327 e. The van der Waals surface area contributed by atoms with Gasteiger partial charge in [0.1, 0.15) is 16.1 Å². The summed E-state index contributed by atoms with van der Waals surface area (Å²) in [7, 11) is 0.